The van der Waals surface area contributed by atoms with Gasteiger partial charge in [0.05, 0.1) is 5.54 Å². The molecule has 0 aliphatic carbocycles. The van der Waals surface area contributed by atoms with E-state index in [1.54, 1.807) is 0 Å². The van der Waals surface area contributed by atoms with Gasteiger partial charge in [-0.1, -0.05) is 11.6 Å². The monoisotopic (exact) mass is 223 g/mol. The number of nitrogens with zero attached hydrogens (tertiary/aromatic N) is 1. The lowest BCUT2D eigenvalue weighted by Gasteiger charge is -2.07. The molecule has 1 aromatic rings. The van der Waals surface area contributed by atoms with Gasteiger partial charge in [-0.25, -0.2) is 4.99 Å². The van der Waals surface area contributed by atoms with Crippen LogP contribution in [0.5, 0.6) is 0 Å². The molecule has 0 atom stereocenters. The summed E-state index contributed by atoms with van der Waals surface area (Å²) in [7, 11) is 0. The summed E-state index contributed by atoms with van der Waals surface area (Å²) < 4.78 is 5.58. The van der Waals surface area contributed by atoms with E-state index in [1.165, 1.54) is 0 Å². The van der Waals surface area contributed by atoms with Crippen molar-refractivity contribution in [3.05, 3.63) is 34.3 Å². The minimum Gasteiger partial charge on any atom is -0.475 e. The highest BCUT2D eigenvalue weighted by Gasteiger charge is 2.27. The number of hydrogen-bond donors (Lipinski definition) is 0. The van der Waals surface area contributed by atoms with Crippen molar-refractivity contribution in [2.24, 2.45) is 4.99 Å². The van der Waals surface area contributed by atoms with Crippen LogP contribution in [-0.2, 0) is 4.74 Å². The van der Waals surface area contributed by atoms with Crippen LogP contribution < -0.4 is 0 Å². The van der Waals surface area contributed by atoms with Crippen molar-refractivity contribution in [3.8, 4) is 0 Å². The van der Waals surface area contributed by atoms with Crippen molar-refractivity contribution in [3.63, 3.8) is 0 Å². The maximum atomic E-state index is 5.90. The predicted molar refractivity (Wildman–Crippen MR) is 62.8 cm³/mol. The SMILES string of the molecule is Cc1cc(Cl)ccc1C1=NC(C)(C)CO1. The summed E-state index contributed by atoms with van der Waals surface area (Å²) in [4.78, 5) is 4.53. The number of hydrogen-bond acceptors (Lipinski definition) is 2. The van der Waals surface area contributed by atoms with Gasteiger partial charge < -0.3 is 4.74 Å². The zero-order chi connectivity index (χ0) is 11.1. The maximum absolute atomic E-state index is 5.90. The maximum Gasteiger partial charge on any atom is 0.217 e. The first-order valence-corrected chi connectivity index (χ1v) is 5.35. The quantitative estimate of drug-likeness (QED) is 0.717. The Balaban J connectivity index is 2.39. The van der Waals surface area contributed by atoms with Crippen LogP contribution in [0.3, 0.4) is 0 Å². The lowest BCUT2D eigenvalue weighted by molar-refractivity contribution is 0.279. The molecule has 1 aliphatic rings. The third-order valence-corrected chi connectivity index (χ3v) is 2.62. The molecule has 1 heterocycles. The predicted octanol–water partition coefficient (Wildman–Crippen LogP) is 3.20. The minimum atomic E-state index is -0.110. The molecule has 0 aromatic heterocycles. The smallest absolute Gasteiger partial charge is 0.217 e. The van der Waals surface area contributed by atoms with Crippen molar-refractivity contribution >= 4 is 17.5 Å². The Morgan fingerprint density at radius 3 is 2.67 bits per heavy atom. The van der Waals surface area contributed by atoms with E-state index in [-0.39, 0.29) is 5.54 Å². The number of aryl methyl sites for hydroxylation is 1. The molecule has 80 valence electrons. The highest BCUT2D eigenvalue weighted by atomic mass is 35.5. The van der Waals surface area contributed by atoms with Crippen molar-refractivity contribution in [2.45, 2.75) is 26.3 Å². The highest BCUT2D eigenvalue weighted by Crippen LogP contribution is 2.23. The molecule has 2 nitrogen and oxygen atoms in total. The third kappa shape index (κ3) is 2.15. The zero-order valence-electron chi connectivity index (χ0n) is 9.17. The Bertz CT molecular complexity index is 424. The molecule has 0 unspecified atom stereocenters. The standard InChI is InChI=1S/C12H14ClNO/c1-8-6-9(13)4-5-10(8)11-14-12(2,3)7-15-11/h4-6H,7H2,1-3H3. The molecule has 1 aromatic carbocycles. The van der Waals surface area contributed by atoms with Gasteiger partial charge in [0.2, 0.25) is 5.90 Å². The Morgan fingerprint density at radius 2 is 2.13 bits per heavy atom. The molecule has 2 rings (SSSR count). The molecule has 0 fully saturated rings. The van der Waals surface area contributed by atoms with Gasteiger partial charge in [-0.2, -0.15) is 0 Å². The van der Waals surface area contributed by atoms with E-state index in [4.69, 9.17) is 16.3 Å². The number of halogens is 1. The van der Waals surface area contributed by atoms with Gasteiger partial charge in [0.1, 0.15) is 6.61 Å². The fraction of sp³-hybridized carbons (Fsp3) is 0.417. The Hall–Kier alpha value is -1.02. The molecule has 0 bridgehead atoms. The van der Waals surface area contributed by atoms with Crippen LogP contribution in [0, 0.1) is 6.92 Å². The van der Waals surface area contributed by atoms with Crippen molar-refractivity contribution in [2.75, 3.05) is 6.61 Å². The first-order chi connectivity index (χ1) is 6.98. The molecule has 0 amide bonds. The van der Waals surface area contributed by atoms with E-state index < -0.39 is 0 Å². The van der Waals surface area contributed by atoms with Crippen molar-refractivity contribution in [1.29, 1.82) is 0 Å². The number of rotatable bonds is 1. The number of ether oxygens (including phenoxy) is 1. The summed E-state index contributed by atoms with van der Waals surface area (Å²) in [6.45, 7) is 6.78. The van der Waals surface area contributed by atoms with Gasteiger partial charge >= 0.3 is 0 Å². The van der Waals surface area contributed by atoms with Crippen LogP contribution in [-0.4, -0.2) is 18.0 Å². The van der Waals surface area contributed by atoms with Crippen LogP contribution in [0.25, 0.3) is 0 Å². The molecule has 0 N–H and O–H groups in total. The van der Waals surface area contributed by atoms with Gasteiger partial charge in [-0.05, 0) is 44.5 Å². The van der Waals surface area contributed by atoms with Crippen molar-refractivity contribution < 1.29 is 4.74 Å². The minimum absolute atomic E-state index is 0.110. The van der Waals surface area contributed by atoms with Crippen LogP contribution in [0.1, 0.15) is 25.0 Å². The average molecular weight is 224 g/mol. The first kappa shape index (κ1) is 10.5. The Morgan fingerprint density at radius 1 is 1.40 bits per heavy atom. The second-order valence-corrected chi connectivity index (χ2v) is 4.91. The van der Waals surface area contributed by atoms with E-state index in [0.29, 0.717) is 6.61 Å². The normalized spacial score (nSPS) is 18.5. The molecule has 15 heavy (non-hydrogen) atoms. The fourth-order valence-corrected chi connectivity index (χ4v) is 1.82. The van der Waals surface area contributed by atoms with Crippen LogP contribution in [0.4, 0.5) is 0 Å². The van der Waals surface area contributed by atoms with Gasteiger partial charge in [0.15, 0.2) is 0 Å². The van der Waals surface area contributed by atoms with Gasteiger partial charge in [-0.15, -0.1) is 0 Å². The summed E-state index contributed by atoms with van der Waals surface area (Å²) in [5, 5.41) is 0.745. The summed E-state index contributed by atoms with van der Waals surface area (Å²) in [5.41, 5.74) is 2.02. The molecular formula is C12H14ClNO. The van der Waals surface area contributed by atoms with E-state index in [0.717, 1.165) is 22.0 Å². The molecule has 0 saturated heterocycles. The fourth-order valence-electron chi connectivity index (χ4n) is 1.59. The Kier molecular flexibility index (Phi) is 2.47. The van der Waals surface area contributed by atoms with E-state index >= 15 is 0 Å². The second kappa shape index (κ2) is 3.53. The van der Waals surface area contributed by atoms with E-state index in [1.807, 2.05) is 25.1 Å². The topological polar surface area (TPSA) is 21.6 Å². The van der Waals surface area contributed by atoms with Crippen LogP contribution in [0.15, 0.2) is 23.2 Å². The lowest BCUT2D eigenvalue weighted by atomic mass is 10.1. The molecule has 3 heteroatoms. The molecule has 1 aliphatic heterocycles. The van der Waals surface area contributed by atoms with E-state index in [9.17, 15) is 0 Å². The second-order valence-electron chi connectivity index (χ2n) is 4.48. The first-order valence-electron chi connectivity index (χ1n) is 4.97. The van der Waals surface area contributed by atoms with E-state index in [2.05, 4.69) is 18.8 Å². The zero-order valence-corrected chi connectivity index (χ0v) is 9.93. The highest BCUT2D eigenvalue weighted by molar-refractivity contribution is 6.30. The number of aliphatic imine (C=N–C) groups is 1. The summed E-state index contributed by atoms with van der Waals surface area (Å²) in [5.74, 6) is 0.731. The molecule has 0 radical (unpaired) electrons. The Labute approximate surface area is 94.9 Å². The average Bonchev–Trinajstić information content (AvgIpc) is 2.46. The largest absolute Gasteiger partial charge is 0.475 e. The number of benzene rings is 1. The summed E-state index contributed by atoms with van der Waals surface area (Å²) in [6.07, 6.45) is 0. The van der Waals surface area contributed by atoms with Gasteiger partial charge in [0, 0.05) is 10.6 Å². The van der Waals surface area contributed by atoms with Crippen LogP contribution in [0.2, 0.25) is 5.02 Å². The summed E-state index contributed by atoms with van der Waals surface area (Å²) in [6, 6.07) is 5.74. The third-order valence-electron chi connectivity index (χ3n) is 2.39. The lowest BCUT2D eigenvalue weighted by Crippen LogP contribution is -2.17. The molecule has 0 saturated carbocycles. The molecule has 0 spiro atoms. The van der Waals surface area contributed by atoms with Crippen LogP contribution >= 0.6 is 11.6 Å². The van der Waals surface area contributed by atoms with Crippen molar-refractivity contribution in [1.82, 2.24) is 0 Å². The van der Waals surface area contributed by atoms with Gasteiger partial charge in [-0.3, -0.25) is 0 Å². The molecular weight excluding hydrogens is 210 g/mol. The summed E-state index contributed by atoms with van der Waals surface area (Å²) >= 11 is 5.90. The van der Waals surface area contributed by atoms with Gasteiger partial charge in [0.25, 0.3) is 0 Å².